The molecule has 6 nitrogen and oxygen atoms in total. The van der Waals surface area contributed by atoms with Crippen LogP contribution in [0.1, 0.15) is 27.7 Å². The number of carbonyl (C=O) groups is 2. The van der Waals surface area contributed by atoms with Crippen molar-refractivity contribution in [1.82, 2.24) is 15.1 Å². The topological polar surface area (TPSA) is 61.9 Å². The van der Waals surface area contributed by atoms with E-state index in [-0.39, 0.29) is 11.8 Å². The summed E-state index contributed by atoms with van der Waals surface area (Å²) in [5.74, 6) is 0.0625. The van der Waals surface area contributed by atoms with E-state index < -0.39 is 5.41 Å². The zero-order valence-corrected chi connectivity index (χ0v) is 13.8. The van der Waals surface area contributed by atoms with Crippen molar-refractivity contribution in [3.63, 3.8) is 0 Å². The third-order valence-corrected chi connectivity index (χ3v) is 3.58. The molecule has 122 valence electrons. The number of amides is 2. The van der Waals surface area contributed by atoms with Crippen LogP contribution in [-0.2, 0) is 14.3 Å². The maximum atomic E-state index is 11.8. The van der Waals surface area contributed by atoms with Gasteiger partial charge in [-0.25, -0.2) is 0 Å². The molecule has 0 unspecified atom stereocenters. The minimum absolute atomic E-state index is 0.0131. The Morgan fingerprint density at radius 1 is 1.19 bits per heavy atom. The molecular formula is C15H29N3O3. The number of nitrogens with zero attached hydrogens (tertiary/aromatic N) is 2. The number of rotatable bonds is 6. The van der Waals surface area contributed by atoms with Crippen LogP contribution in [0.3, 0.4) is 0 Å². The van der Waals surface area contributed by atoms with Crippen LogP contribution in [0.5, 0.6) is 0 Å². The quantitative estimate of drug-likeness (QED) is 0.768. The van der Waals surface area contributed by atoms with Crippen LogP contribution in [0.2, 0.25) is 0 Å². The van der Waals surface area contributed by atoms with E-state index in [2.05, 4.69) is 10.2 Å². The van der Waals surface area contributed by atoms with E-state index in [1.54, 1.807) is 11.8 Å². The van der Waals surface area contributed by atoms with Gasteiger partial charge >= 0.3 is 0 Å². The van der Waals surface area contributed by atoms with Gasteiger partial charge in [-0.2, -0.15) is 0 Å². The van der Waals surface area contributed by atoms with Gasteiger partial charge in [-0.3, -0.25) is 14.5 Å². The SMILES string of the molecule is CC(=O)N(CCNC(=O)C(C)(C)C)CCN1CCOCC1. The van der Waals surface area contributed by atoms with E-state index in [1.165, 1.54) is 0 Å². The molecule has 0 radical (unpaired) electrons. The Hall–Kier alpha value is -1.14. The van der Waals surface area contributed by atoms with E-state index in [0.717, 1.165) is 32.8 Å². The Kier molecular flexibility index (Phi) is 7.11. The highest BCUT2D eigenvalue weighted by Gasteiger charge is 2.21. The lowest BCUT2D eigenvalue weighted by molar-refractivity contribution is -0.131. The van der Waals surface area contributed by atoms with Gasteiger partial charge in [0.25, 0.3) is 0 Å². The fourth-order valence-corrected chi connectivity index (χ4v) is 2.08. The highest BCUT2D eigenvalue weighted by atomic mass is 16.5. The lowest BCUT2D eigenvalue weighted by Gasteiger charge is -2.30. The van der Waals surface area contributed by atoms with Crippen molar-refractivity contribution in [2.45, 2.75) is 27.7 Å². The molecule has 1 heterocycles. The molecule has 0 bridgehead atoms. The Morgan fingerprint density at radius 2 is 1.81 bits per heavy atom. The largest absolute Gasteiger partial charge is 0.379 e. The number of hydrogen-bond donors (Lipinski definition) is 1. The number of ether oxygens (including phenoxy) is 1. The lowest BCUT2D eigenvalue weighted by Crippen LogP contribution is -2.45. The normalized spacial score (nSPS) is 16.6. The molecular weight excluding hydrogens is 270 g/mol. The summed E-state index contributed by atoms with van der Waals surface area (Å²) in [7, 11) is 0. The highest BCUT2D eigenvalue weighted by Crippen LogP contribution is 2.11. The molecule has 0 saturated carbocycles. The predicted octanol–water partition coefficient (Wildman–Crippen LogP) is 0.329. The van der Waals surface area contributed by atoms with E-state index in [4.69, 9.17) is 4.74 Å². The first-order valence-corrected chi connectivity index (χ1v) is 7.64. The molecule has 0 aromatic carbocycles. The fourth-order valence-electron chi connectivity index (χ4n) is 2.08. The van der Waals surface area contributed by atoms with Crippen molar-refractivity contribution in [3.8, 4) is 0 Å². The van der Waals surface area contributed by atoms with Crippen LogP contribution < -0.4 is 5.32 Å². The molecule has 6 heteroatoms. The molecule has 1 saturated heterocycles. The summed E-state index contributed by atoms with van der Waals surface area (Å²) in [4.78, 5) is 27.5. The van der Waals surface area contributed by atoms with E-state index >= 15 is 0 Å². The predicted molar refractivity (Wildman–Crippen MR) is 82.0 cm³/mol. The summed E-state index contributed by atoms with van der Waals surface area (Å²) in [6, 6.07) is 0. The van der Waals surface area contributed by atoms with E-state index in [9.17, 15) is 9.59 Å². The second-order valence-corrected chi connectivity index (χ2v) is 6.47. The van der Waals surface area contributed by atoms with E-state index in [1.807, 2.05) is 20.8 Å². The molecule has 21 heavy (non-hydrogen) atoms. The molecule has 1 aliphatic rings. The van der Waals surface area contributed by atoms with Gasteiger partial charge < -0.3 is 15.0 Å². The van der Waals surface area contributed by atoms with Gasteiger partial charge in [0.05, 0.1) is 13.2 Å². The zero-order chi connectivity index (χ0) is 15.9. The van der Waals surface area contributed by atoms with Crippen molar-refractivity contribution in [2.24, 2.45) is 5.41 Å². The van der Waals surface area contributed by atoms with Gasteiger partial charge in [0.1, 0.15) is 0 Å². The van der Waals surface area contributed by atoms with Gasteiger partial charge in [0.2, 0.25) is 11.8 Å². The summed E-state index contributed by atoms with van der Waals surface area (Å²) < 4.78 is 5.31. The number of nitrogens with one attached hydrogen (secondary N) is 1. The monoisotopic (exact) mass is 299 g/mol. The van der Waals surface area contributed by atoms with Crippen molar-refractivity contribution in [3.05, 3.63) is 0 Å². The van der Waals surface area contributed by atoms with Crippen molar-refractivity contribution < 1.29 is 14.3 Å². The molecule has 1 aliphatic heterocycles. The molecule has 0 atom stereocenters. The summed E-state index contributed by atoms with van der Waals surface area (Å²) in [6.07, 6.45) is 0. The summed E-state index contributed by atoms with van der Waals surface area (Å²) in [5, 5.41) is 2.88. The number of hydrogen-bond acceptors (Lipinski definition) is 4. The van der Waals surface area contributed by atoms with Gasteiger partial charge in [-0.1, -0.05) is 20.8 Å². The third-order valence-electron chi connectivity index (χ3n) is 3.58. The summed E-state index contributed by atoms with van der Waals surface area (Å²) in [6.45, 7) is 13.2. The van der Waals surface area contributed by atoms with Crippen LogP contribution in [0.15, 0.2) is 0 Å². The molecule has 0 aromatic heterocycles. The van der Waals surface area contributed by atoms with Crippen LogP contribution in [-0.4, -0.2) is 74.1 Å². The minimum atomic E-state index is -0.394. The first kappa shape index (κ1) is 17.9. The first-order valence-electron chi connectivity index (χ1n) is 7.64. The van der Waals surface area contributed by atoms with Crippen LogP contribution in [0, 0.1) is 5.41 Å². The molecule has 1 N–H and O–H groups in total. The van der Waals surface area contributed by atoms with Crippen molar-refractivity contribution in [1.29, 1.82) is 0 Å². The average Bonchev–Trinajstić information content (AvgIpc) is 2.42. The second kappa shape index (κ2) is 8.34. The maximum absolute atomic E-state index is 11.8. The lowest BCUT2D eigenvalue weighted by atomic mass is 9.96. The molecule has 0 aromatic rings. The number of carbonyl (C=O) groups excluding carboxylic acids is 2. The van der Waals surface area contributed by atoms with Crippen LogP contribution in [0.4, 0.5) is 0 Å². The van der Waals surface area contributed by atoms with Gasteiger partial charge in [-0.05, 0) is 0 Å². The average molecular weight is 299 g/mol. The fraction of sp³-hybridized carbons (Fsp3) is 0.867. The Morgan fingerprint density at radius 3 is 2.33 bits per heavy atom. The van der Waals surface area contributed by atoms with E-state index in [0.29, 0.717) is 19.6 Å². The summed E-state index contributed by atoms with van der Waals surface area (Å²) >= 11 is 0. The standard InChI is InChI=1S/C15H29N3O3/c1-13(19)18(6-5-16-14(20)15(2,3)4)8-7-17-9-11-21-12-10-17/h5-12H2,1-4H3,(H,16,20). The van der Waals surface area contributed by atoms with Gasteiger partial charge in [-0.15, -0.1) is 0 Å². The van der Waals surface area contributed by atoms with Gasteiger partial charge in [0, 0.05) is 51.6 Å². The Bertz CT molecular complexity index is 347. The van der Waals surface area contributed by atoms with Crippen LogP contribution >= 0.6 is 0 Å². The Labute approximate surface area is 127 Å². The zero-order valence-electron chi connectivity index (χ0n) is 13.8. The minimum Gasteiger partial charge on any atom is -0.379 e. The number of morpholine rings is 1. The Balaban J connectivity index is 2.29. The second-order valence-electron chi connectivity index (χ2n) is 6.47. The summed E-state index contributed by atoms with van der Waals surface area (Å²) in [5.41, 5.74) is -0.394. The smallest absolute Gasteiger partial charge is 0.225 e. The molecule has 1 fully saturated rings. The highest BCUT2D eigenvalue weighted by molar-refractivity contribution is 5.81. The molecule has 0 aliphatic carbocycles. The molecule has 1 rings (SSSR count). The molecule has 0 spiro atoms. The van der Waals surface area contributed by atoms with Crippen molar-refractivity contribution >= 4 is 11.8 Å². The molecule has 2 amide bonds. The first-order chi connectivity index (χ1) is 9.80. The van der Waals surface area contributed by atoms with Gasteiger partial charge in [0.15, 0.2) is 0 Å². The maximum Gasteiger partial charge on any atom is 0.225 e. The third kappa shape index (κ3) is 6.91. The van der Waals surface area contributed by atoms with Crippen LogP contribution in [0.25, 0.3) is 0 Å². The van der Waals surface area contributed by atoms with Crippen molar-refractivity contribution in [2.75, 3.05) is 52.5 Å².